The monoisotopic (exact) mass is 213 g/mol. The van der Waals surface area contributed by atoms with Gasteiger partial charge >= 0.3 is 5.97 Å². The lowest BCUT2D eigenvalue weighted by molar-refractivity contribution is -0.149. The highest BCUT2D eigenvalue weighted by atomic mass is 16.6. The molecule has 0 aromatic rings. The van der Waals surface area contributed by atoms with Crippen LogP contribution in [0.5, 0.6) is 0 Å². The summed E-state index contributed by atoms with van der Waals surface area (Å²) in [5.41, 5.74) is 0. The molecule has 1 atom stereocenters. The van der Waals surface area contributed by atoms with E-state index in [2.05, 4.69) is 9.64 Å². The quantitative estimate of drug-likeness (QED) is 0.648. The normalized spacial score (nSPS) is 27.7. The molecule has 1 heterocycles. The minimum absolute atomic E-state index is 0.0969. The molecule has 15 heavy (non-hydrogen) atoms. The van der Waals surface area contributed by atoms with Crippen LogP contribution in [0.2, 0.25) is 0 Å². The van der Waals surface area contributed by atoms with Gasteiger partial charge in [-0.05, 0) is 32.2 Å². The second-order valence-electron chi connectivity index (χ2n) is 4.38. The molecule has 2 rings (SSSR count). The molecule has 0 amide bonds. The van der Waals surface area contributed by atoms with E-state index in [4.69, 9.17) is 4.74 Å². The van der Waals surface area contributed by atoms with Gasteiger partial charge in [0.2, 0.25) is 0 Å². The maximum atomic E-state index is 10.9. The first kappa shape index (κ1) is 10.9. The highest BCUT2D eigenvalue weighted by molar-refractivity contribution is 5.70. The molecular formula is C11H19NO3. The fraction of sp³-hybridized carbons (Fsp3) is 0.909. The van der Waals surface area contributed by atoms with Gasteiger partial charge in [-0.1, -0.05) is 0 Å². The molecule has 0 radical (unpaired) electrons. The number of carbonyl (C=O) groups is 1. The number of carbonyl (C=O) groups excluding carboxylic acids is 1. The smallest absolute Gasteiger partial charge is 0.331 e. The second-order valence-corrected chi connectivity index (χ2v) is 4.38. The number of esters is 1. The SMILES string of the molecule is COC(=O)COC1CCCN(C2CC2)C1. The minimum atomic E-state index is -0.279. The molecule has 0 spiro atoms. The van der Waals surface area contributed by atoms with Gasteiger partial charge in [0.15, 0.2) is 0 Å². The summed E-state index contributed by atoms with van der Waals surface area (Å²) in [6, 6.07) is 0.800. The van der Waals surface area contributed by atoms with Crippen LogP contribution in [0.25, 0.3) is 0 Å². The van der Waals surface area contributed by atoms with Crippen LogP contribution in [0, 0.1) is 0 Å². The molecule has 0 bridgehead atoms. The van der Waals surface area contributed by atoms with E-state index in [1.54, 1.807) is 0 Å². The molecule has 0 aromatic carbocycles. The van der Waals surface area contributed by atoms with Gasteiger partial charge in [-0.15, -0.1) is 0 Å². The molecule has 0 N–H and O–H groups in total. The highest BCUT2D eigenvalue weighted by Crippen LogP contribution is 2.29. The number of methoxy groups -OCH3 is 1. The lowest BCUT2D eigenvalue weighted by Crippen LogP contribution is -2.41. The summed E-state index contributed by atoms with van der Waals surface area (Å²) < 4.78 is 10.1. The van der Waals surface area contributed by atoms with Crippen molar-refractivity contribution in [3.8, 4) is 0 Å². The van der Waals surface area contributed by atoms with Crippen LogP contribution in [-0.2, 0) is 14.3 Å². The van der Waals surface area contributed by atoms with Gasteiger partial charge < -0.3 is 9.47 Å². The Morgan fingerprint density at radius 1 is 1.40 bits per heavy atom. The van der Waals surface area contributed by atoms with E-state index < -0.39 is 0 Å². The van der Waals surface area contributed by atoms with Gasteiger partial charge in [-0.25, -0.2) is 4.79 Å². The summed E-state index contributed by atoms with van der Waals surface area (Å²) in [5.74, 6) is -0.279. The van der Waals surface area contributed by atoms with Crippen LogP contribution >= 0.6 is 0 Å². The summed E-state index contributed by atoms with van der Waals surface area (Å²) in [5, 5.41) is 0. The van der Waals surface area contributed by atoms with Crippen molar-refractivity contribution < 1.29 is 14.3 Å². The zero-order chi connectivity index (χ0) is 10.7. The second kappa shape index (κ2) is 4.94. The first-order valence-electron chi connectivity index (χ1n) is 5.72. The Labute approximate surface area is 90.5 Å². The third-order valence-electron chi connectivity index (χ3n) is 3.14. The zero-order valence-electron chi connectivity index (χ0n) is 9.28. The molecule has 2 fully saturated rings. The van der Waals surface area contributed by atoms with Gasteiger partial charge in [0.25, 0.3) is 0 Å². The van der Waals surface area contributed by atoms with Gasteiger partial charge in [0, 0.05) is 12.6 Å². The van der Waals surface area contributed by atoms with Gasteiger partial charge in [-0.2, -0.15) is 0 Å². The van der Waals surface area contributed by atoms with Crippen molar-refractivity contribution in [2.75, 3.05) is 26.8 Å². The predicted molar refractivity (Wildman–Crippen MR) is 55.6 cm³/mol. The predicted octanol–water partition coefficient (Wildman–Crippen LogP) is 0.803. The molecule has 86 valence electrons. The summed E-state index contributed by atoms with van der Waals surface area (Å²) in [7, 11) is 1.39. The lowest BCUT2D eigenvalue weighted by atomic mass is 10.1. The molecular weight excluding hydrogens is 194 g/mol. The van der Waals surface area contributed by atoms with Crippen molar-refractivity contribution in [2.45, 2.75) is 37.8 Å². The van der Waals surface area contributed by atoms with Crippen LogP contribution < -0.4 is 0 Å². The van der Waals surface area contributed by atoms with Crippen molar-refractivity contribution in [1.29, 1.82) is 0 Å². The molecule has 4 heteroatoms. The Bertz CT molecular complexity index is 228. The van der Waals surface area contributed by atoms with E-state index in [-0.39, 0.29) is 18.7 Å². The number of hydrogen-bond donors (Lipinski definition) is 0. The first-order valence-corrected chi connectivity index (χ1v) is 5.72. The third-order valence-corrected chi connectivity index (χ3v) is 3.14. The van der Waals surface area contributed by atoms with E-state index >= 15 is 0 Å². The Hall–Kier alpha value is -0.610. The van der Waals surface area contributed by atoms with Gasteiger partial charge in [-0.3, -0.25) is 4.90 Å². The molecule has 0 aromatic heterocycles. The highest BCUT2D eigenvalue weighted by Gasteiger charge is 2.32. The molecule has 1 aliphatic heterocycles. The van der Waals surface area contributed by atoms with Crippen LogP contribution in [0.3, 0.4) is 0 Å². The Morgan fingerprint density at radius 3 is 2.87 bits per heavy atom. The maximum Gasteiger partial charge on any atom is 0.331 e. The Balaban J connectivity index is 1.70. The number of ether oxygens (including phenoxy) is 2. The Morgan fingerprint density at radius 2 is 2.20 bits per heavy atom. The molecule has 2 aliphatic rings. The van der Waals surface area contributed by atoms with E-state index in [1.807, 2.05) is 0 Å². The summed E-state index contributed by atoms with van der Waals surface area (Å²) in [6.45, 7) is 2.28. The zero-order valence-corrected chi connectivity index (χ0v) is 9.28. The summed E-state index contributed by atoms with van der Waals surface area (Å²) >= 11 is 0. The van der Waals surface area contributed by atoms with E-state index in [0.717, 1.165) is 19.0 Å². The summed E-state index contributed by atoms with van der Waals surface area (Å²) in [4.78, 5) is 13.4. The van der Waals surface area contributed by atoms with Crippen LogP contribution in [-0.4, -0.2) is 49.8 Å². The van der Waals surface area contributed by atoms with Crippen molar-refractivity contribution in [3.05, 3.63) is 0 Å². The maximum absolute atomic E-state index is 10.9. The number of rotatable bonds is 4. The van der Waals surface area contributed by atoms with Crippen molar-refractivity contribution in [3.63, 3.8) is 0 Å². The Kier molecular flexibility index (Phi) is 3.59. The van der Waals surface area contributed by atoms with Crippen LogP contribution in [0.1, 0.15) is 25.7 Å². The number of likely N-dealkylation sites (tertiary alicyclic amines) is 1. The van der Waals surface area contributed by atoms with Gasteiger partial charge in [0.1, 0.15) is 6.61 Å². The lowest BCUT2D eigenvalue weighted by Gasteiger charge is -2.32. The standard InChI is InChI=1S/C11H19NO3/c1-14-11(13)8-15-10-3-2-6-12(7-10)9-4-5-9/h9-10H,2-8H2,1H3. The third kappa shape index (κ3) is 3.18. The molecule has 1 aliphatic carbocycles. The number of hydrogen-bond acceptors (Lipinski definition) is 4. The molecule has 4 nitrogen and oxygen atoms in total. The van der Waals surface area contributed by atoms with Crippen LogP contribution in [0.4, 0.5) is 0 Å². The summed E-state index contributed by atoms with van der Waals surface area (Å²) in [6.07, 6.45) is 5.15. The fourth-order valence-electron chi connectivity index (χ4n) is 2.12. The molecule has 1 saturated carbocycles. The average Bonchev–Trinajstić information content (AvgIpc) is 3.10. The number of piperidine rings is 1. The molecule has 1 unspecified atom stereocenters. The average molecular weight is 213 g/mol. The van der Waals surface area contributed by atoms with Crippen molar-refractivity contribution in [1.82, 2.24) is 4.90 Å². The van der Waals surface area contributed by atoms with E-state index in [9.17, 15) is 4.79 Å². The topological polar surface area (TPSA) is 38.8 Å². The van der Waals surface area contributed by atoms with E-state index in [1.165, 1.54) is 32.9 Å². The van der Waals surface area contributed by atoms with Crippen molar-refractivity contribution in [2.24, 2.45) is 0 Å². The fourth-order valence-corrected chi connectivity index (χ4v) is 2.12. The van der Waals surface area contributed by atoms with E-state index in [0.29, 0.717) is 0 Å². The van der Waals surface area contributed by atoms with Crippen molar-refractivity contribution >= 4 is 5.97 Å². The first-order chi connectivity index (χ1) is 7.29. The largest absolute Gasteiger partial charge is 0.467 e. The molecule has 1 saturated heterocycles. The van der Waals surface area contributed by atoms with Crippen LogP contribution in [0.15, 0.2) is 0 Å². The minimum Gasteiger partial charge on any atom is -0.467 e. The number of nitrogens with zero attached hydrogens (tertiary/aromatic N) is 1. The van der Waals surface area contributed by atoms with Gasteiger partial charge in [0.05, 0.1) is 13.2 Å².